The molecule has 3 rings (SSSR count). The predicted molar refractivity (Wildman–Crippen MR) is 94.0 cm³/mol. The van der Waals surface area contributed by atoms with Gasteiger partial charge in [-0.25, -0.2) is 0 Å². The molecule has 3 heteroatoms. The third-order valence-electron chi connectivity index (χ3n) is 5.14. The van der Waals surface area contributed by atoms with Crippen LogP contribution < -0.4 is 5.73 Å². The summed E-state index contributed by atoms with van der Waals surface area (Å²) in [6.45, 7) is 13.3. The van der Waals surface area contributed by atoms with E-state index in [4.69, 9.17) is 5.73 Å². The fraction of sp³-hybridized carbons (Fsp3) is 0.579. The number of benzene rings is 1. The molecule has 1 aromatic heterocycles. The van der Waals surface area contributed by atoms with Crippen LogP contribution in [-0.2, 0) is 26.6 Å². The standard InChI is InChI=1S/C19H29N3/c1-12(20)7-16-13(2)21(6)18-9-15-11-22(19(3,4)5)10-14(15)8-17(16)18/h8-9,12H,7,10-11,20H2,1-6H3. The van der Waals surface area contributed by atoms with Crippen LogP contribution in [0, 0.1) is 6.92 Å². The lowest BCUT2D eigenvalue weighted by Gasteiger charge is -2.31. The van der Waals surface area contributed by atoms with Crippen molar-refractivity contribution in [3.8, 4) is 0 Å². The third kappa shape index (κ3) is 2.46. The maximum absolute atomic E-state index is 6.07. The first-order valence-corrected chi connectivity index (χ1v) is 8.28. The summed E-state index contributed by atoms with van der Waals surface area (Å²) in [5.74, 6) is 0. The minimum Gasteiger partial charge on any atom is -0.348 e. The Morgan fingerprint density at radius 3 is 2.32 bits per heavy atom. The molecule has 2 N–H and O–H groups in total. The minimum atomic E-state index is 0.198. The maximum atomic E-state index is 6.07. The Kier molecular flexibility index (Phi) is 3.61. The average Bonchev–Trinajstić information content (AvgIpc) is 2.92. The molecule has 0 amide bonds. The summed E-state index contributed by atoms with van der Waals surface area (Å²) in [7, 11) is 2.17. The summed E-state index contributed by atoms with van der Waals surface area (Å²) in [6, 6.07) is 5.01. The van der Waals surface area contributed by atoms with E-state index in [1.807, 2.05) is 0 Å². The SMILES string of the molecule is Cc1c(CC(C)N)c2cc3c(cc2n1C)CN(C(C)(C)C)C3. The lowest BCUT2D eigenvalue weighted by atomic mass is 10.0. The fourth-order valence-corrected chi connectivity index (χ4v) is 3.59. The highest BCUT2D eigenvalue weighted by Gasteiger charge is 2.29. The molecular formula is C19H29N3. The van der Waals surface area contributed by atoms with Crippen molar-refractivity contribution in [3.63, 3.8) is 0 Å². The second-order valence-corrected chi connectivity index (χ2v) is 7.97. The molecule has 0 bridgehead atoms. The molecule has 2 heterocycles. The normalized spacial score (nSPS) is 17.2. The highest BCUT2D eigenvalue weighted by atomic mass is 15.2. The highest BCUT2D eigenvalue weighted by Crippen LogP contribution is 2.35. The Bertz CT molecular complexity index is 717. The number of rotatable bonds is 2. The largest absolute Gasteiger partial charge is 0.348 e. The monoisotopic (exact) mass is 299 g/mol. The number of nitrogens with zero attached hydrogens (tertiary/aromatic N) is 2. The summed E-state index contributed by atoms with van der Waals surface area (Å²) in [5.41, 5.74) is 13.4. The third-order valence-corrected chi connectivity index (χ3v) is 5.14. The van der Waals surface area contributed by atoms with Gasteiger partial charge in [0.25, 0.3) is 0 Å². The van der Waals surface area contributed by atoms with Gasteiger partial charge in [-0.15, -0.1) is 0 Å². The number of nitrogens with two attached hydrogens (primary N) is 1. The van der Waals surface area contributed by atoms with Crippen molar-refractivity contribution in [1.82, 2.24) is 9.47 Å². The fourth-order valence-electron chi connectivity index (χ4n) is 3.59. The van der Waals surface area contributed by atoms with Gasteiger partial charge in [-0.2, -0.15) is 0 Å². The minimum absolute atomic E-state index is 0.198. The van der Waals surface area contributed by atoms with Gasteiger partial charge >= 0.3 is 0 Å². The van der Waals surface area contributed by atoms with Crippen LogP contribution in [0.5, 0.6) is 0 Å². The molecular weight excluding hydrogens is 270 g/mol. The van der Waals surface area contributed by atoms with Gasteiger partial charge < -0.3 is 10.3 Å². The second-order valence-electron chi connectivity index (χ2n) is 7.97. The summed E-state index contributed by atoms with van der Waals surface area (Å²) >= 11 is 0. The Balaban J connectivity index is 2.10. The smallest absolute Gasteiger partial charge is 0.0486 e. The summed E-state index contributed by atoms with van der Waals surface area (Å²) < 4.78 is 2.33. The van der Waals surface area contributed by atoms with E-state index in [1.165, 1.54) is 33.3 Å². The molecule has 0 aliphatic carbocycles. The molecule has 0 saturated carbocycles. The molecule has 1 aliphatic heterocycles. The van der Waals surface area contributed by atoms with Gasteiger partial charge in [0.2, 0.25) is 0 Å². The first-order chi connectivity index (χ1) is 10.2. The van der Waals surface area contributed by atoms with E-state index >= 15 is 0 Å². The Hall–Kier alpha value is -1.32. The molecule has 0 radical (unpaired) electrons. The van der Waals surface area contributed by atoms with Gasteiger partial charge in [-0.1, -0.05) is 0 Å². The molecule has 1 unspecified atom stereocenters. The van der Waals surface area contributed by atoms with Crippen molar-refractivity contribution < 1.29 is 0 Å². The molecule has 1 atom stereocenters. The highest BCUT2D eigenvalue weighted by molar-refractivity contribution is 5.87. The van der Waals surface area contributed by atoms with Crippen molar-refractivity contribution in [2.24, 2.45) is 12.8 Å². The Labute approximate surface area is 134 Å². The maximum Gasteiger partial charge on any atom is 0.0486 e. The van der Waals surface area contributed by atoms with Crippen LogP contribution in [-0.4, -0.2) is 21.0 Å². The topological polar surface area (TPSA) is 34.2 Å². The molecule has 0 saturated heterocycles. The lowest BCUT2D eigenvalue weighted by molar-refractivity contribution is 0.136. The molecule has 2 aromatic rings. The molecule has 1 aliphatic rings. The average molecular weight is 299 g/mol. The number of hydrogen-bond acceptors (Lipinski definition) is 2. The van der Waals surface area contributed by atoms with Crippen LogP contribution in [0.15, 0.2) is 12.1 Å². The van der Waals surface area contributed by atoms with Crippen LogP contribution in [0.3, 0.4) is 0 Å². The van der Waals surface area contributed by atoms with E-state index in [-0.39, 0.29) is 11.6 Å². The van der Waals surface area contributed by atoms with Gasteiger partial charge in [-0.05, 0) is 69.9 Å². The first-order valence-electron chi connectivity index (χ1n) is 8.28. The number of fused-ring (bicyclic) bond motifs is 2. The van der Waals surface area contributed by atoms with Gasteiger partial charge in [-0.3, -0.25) is 4.90 Å². The van der Waals surface area contributed by atoms with Gasteiger partial charge in [0.15, 0.2) is 0 Å². The number of aryl methyl sites for hydroxylation is 1. The zero-order valence-corrected chi connectivity index (χ0v) is 14.8. The van der Waals surface area contributed by atoms with Crippen LogP contribution >= 0.6 is 0 Å². The Morgan fingerprint density at radius 2 is 1.77 bits per heavy atom. The van der Waals surface area contributed by atoms with E-state index in [2.05, 4.69) is 63.3 Å². The summed E-state index contributed by atoms with van der Waals surface area (Å²) in [4.78, 5) is 2.55. The van der Waals surface area contributed by atoms with Crippen LogP contribution in [0.25, 0.3) is 10.9 Å². The predicted octanol–water partition coefficient (Wildman–Crippen LogP) is 3.49. The van der Waals surface area contributed by atoms with Crippen LogP contribution in [0.4, 0.5) is 0 Å². The number of aromatic nitrogens is 1. The van der Waals surface area contributed by atoms with E-state index in [1.54, 1.807) is 0 Å². The van der Waals surface area contributed by atoms with Gasteiger partial charge in [0.05, 0.1) is 0 Å². The summed E-state index contributed by atoms with van der Waals surface area (Å²) in [6.07, 6.45) is 0.949. The molecule has 0 fully saturated rings. The molecule has 1 aromatic carbocycles. The van der Waals surface area contributed by atoms with Crippen LogP contribution in [0.2, 0.25) is 0 Å². The molecule has 3 nitrogen and oxygen atoms in total. The zero-order chi connectivity index (χ0) is 16.2. The zero-order valence-electron chi connectivity index (χ0n) is 14.8. The summed E-state index contributed by atoms with van der Waals surface area (Å²) in [5, 5.41) is 1.40. The van der Waals surface area contributed by atoms with Crippen molar-refractivity contribution in [2.75, 3.05) is 0 Å². The van der Waals surface area contributed by atoms with E-state index in [0.29, 0.717) is 0 Å². The van der Waals surface area contributed by atoms with Crippen LogP contribution in [0.1, 0.15) is 50.1 Å². The molecule has 22 heavy (non-hydrogen) atoms. The first kappa shape index (κ1) is 15.6. The van der Waals surface area contributed by atoms with Crippen molar-refractivity contribution >= 4 is 10.9 Å². The quantitative estimate of drug-likeness (QED) is 0.921. The van der Waals surface area contributed by atoms with Crippen molar-refractivity contribution in [2.45, 2.75) is 65.7 Å². The Morgan fingerprint density at radius 1 is 1.18 bits per heavy atom. The van der Waals surface area contributed by atoms with E-state index in [0.717, 1.165) is 19.5 Å². The van der Waals surface area contributed by atoms with Gasteiger partial charge in [0.1, 0.15) is 0 Å². The van der Waals surface area contributed by atoms with Crippen molar-refractivity contribution in [1.29, 1.82) is 0 Å². The van der Waals surface area contributed by atoms with Crippen molar-refractivity contribution in [3.05, 3.63) is 34.5 Å². The second kappa shape index (κ2) is 5.10. The van der Waals surface area contributed by atoms with Gasteiger partial charge in [0, 0.05) is 48.3 Å². The molecule has 0 spiro atoms. The van der Waals surface area contributed by atoms with E-state index < -0.39 is 0 Å². The lowest BCUT2D eigenvalue weighted by Crippen LogP contribution is -2.36. The number of hydrogen-bond donors (Lipinski definition) is 1. The van der Waals surface area contributed by atoms with E-state index in [9.17, 15) is 0 Å². The molecule has 120 valence electrons.